The number of non-ortho nitro benzene ring substituents is 1. The molecule has 1 aliphatic heterocycles. The van der Waals surface area contributed by atoms with Crippen LogP contribution in [0.1, 0.15) is 12.5 Å². The third kappa shape index (κ3) is 2.66. The van der Waals surface area contributed by atoms with Gasteiger partial charge in [-0.25, -0.2) is 0 Å². The van der Waals surface area contributed by atoms with Crippen LogP contribution in [0.2, 0.25) is 0 Å². The van der Waals surface area contributed by atoms with Crippen LogP contribution in [-0.2, 0) is 21.3 Å². The lowest BCUT2D eigenvalue weighted by Gasteiger charge is -2.09. The van der Waals surface area contributed by atoms with Gasteiger partial charge in [-0.3, -0.25) is 14.7 Å². The van der Waals surface area contributed by atoms with Crippen molar-refractivity contribution in [1.29, 1.82) is 0 Å². The van der Waals surface area contributed by atoms with E-state index in [4.69, 9.17) is 9.29 Å². The third-order valence-corrected chi connectivity index (χ3v) is 3.69. The molecule has 1 unspecified atom stereocenters. The molecule has 8 heteroatoms. The summed E-state index contributed by atoms with van der Waals surface area (Å²) in [6.07, 6.45) is 0.198. The van der Waals surface area contributed by atoms with Gasteiger partial charge in [-0.15, -0.1) is 0 Å². The molecule has 7 nitrogen and oxygen atoms in total. The molecule has 1 fully saturated rings. The second kappa shape index (κ2) is 4.01. The number of rotatable bonds is 4. The van der Waals surface area contributed by atoms with Crippen molar-refractivity contribution >= 4 is 15.8 Å². The highest BCUT2D eigenvalue weighted by molar-refractivity contribution is 7.85. The van der Waals surface area contributed by atoms with Gasteiger partial charge in [0, 0.05) is 18.6 Å². The molecule has 18 heavy (non-hydrogen) atoms. The molecule has 0 spiro atoms. The van der Waals surface area contributed by atoms with Crippen molar-refractivity contribution < 1.29 is 22.6 Å². The van der Waals surface area contributed by atoms with Crippen LogP contribution in [0.3, 0.4) is 0 Å². The quantitative estimate of drug-likeness (QED) is 0.381. The number of ether oxygens (including phenoxy) is 1. The van der Waals surface area contributed by atoms with E-state index in [0.29, 0.717) is 6.61 Å². The molecule has 1 aromatic rings. The van der Waals surface area contributed by atoms with E-state index in [1.165, 1.54) is 0 Å². The molecule has 0 radical (unpaired) electrons. The zero-order chi connectivity index (χ0) is 13.6. The average molecular weight is 273 g/mol. The second-order valence-electron chi connectivity index (χ2n) is 4.44. The van der Waals surface area contributed by atoms with Gasteiger partial charge in [-0.2, -0.15) is 8.42 Å². The molecule has 1 atom stereocenters. The number of nitro benzene ring substituents is 1. The number of hydrogen-bond donors (Lipinski definition) is 1. The van der Waals surface area contributed by atoms with E-state index in [2.05, 4.69) is 0 Å². The SMILES string of the molecule is CC1(Cc2cc([N+](=O)[O-])ccc2S(=O)(=O)O)CO1. The molecule has 2 rings (SSSR count). The van der Waals surface area contributed by atoms with E-state index in [0.717, 1.165) is 18.2 Å². The van der Waals surface area contributed by atoms with Gasteiger partial charge in [0.05, 0.1) is 22.0 Å². The fraction of sp³-hybridized carbons (Fsp3) is 0.400. The lowest BCUT2D eigenvalue weighted by molar-refractivity contribution is -0.385. The fourth-order valence-electron chi connectivity index (χ4n) is 1.70. The van der Waals surface area contributed by atoms with Gasteiger partial charge in [0.25, 0.3) is 15.8 Å². The van der Waals surface area contributed by atoms with Crippen molar-refractivity contribution in [3.05, 3.63) is 33.9 Å². The minimum absolute atomic E-state index is 0.187. The molecule has 98 valence electrons. The molecular weight excluding hydrogens is 262 g/mol. The van der Waals surface area contributed by atoms with Crippen LogP contribution in [0.4, 0.5) is 5.69 Å². The number of epoxide rings is 1. The predicted molar refractivity (Wildman–Crippen MR) is 61.0 cm³/mol. The van der Waals surface area contributed by atoms with Crippen LogP contribution in [0, 0.1) is 10.1 Å². The Balaban J connectivity index is 2.49. The van der Waals surface area contributed by atoms with E-state index < -0.39 is 20.6 Å². The number of nitrogens with zero attached hydrogens (tertiary/aromatic N) is 1. The van der Waals surface area contributed by atoms with Crippen LogP contribution in [-0.4, -0.2) is 30.1 Å². The van der Waals surface area contributed by atoms with Crippen LogP contribution in [0.5, 0.6) is 0 Å². The molecule has 0 aromatic heterocycles. The molecule has 0 bridgehead atoms. The first-order valence-corrected chi connectivity index (χ1v) is 6.54. The Hall–Kier alpha value is -1.51. The smallest absolute Gasteiger partial charge is 0.294 e. The van der Waals surface area contributed by atoms with Crippen molar-refractivity contribution in [2.75, 3.05) is 6.61 Å². The van der Waals surface area contributed by atoms with Gasteiger partial charge in [0.1, 0.15) is 0 Å². The largest absolute Gasteiger partial charge is 0.370 e. The van der Waals surface area contributed by atoms with Crippen molar-refractivity contribution in [1.82, 2.24) is 0 Å². The Morgan fingerprint density at radius 3 is 2.61 bits per heavy atom. The Morgan fingerprint density at radius 1 is 1.56 bits per heavy atom. The topological polar surface area (TPSA) is 110 Å². The molecule has 1 heterocycles. The second-order valence-corrected chi connectivity index (χ2v) is 5.83. The van der Waals surface area contributed by atoms with E-state index in [1.807, 2.05) is 0 Å². The van der Waals surface area contributed by atoms with Gasteiger partial charge >= 0.3 is 0 Å². The number of benzene rings is 1. The lowest BCUT2D eigenvalue weighted by Crippen LogP contribution is -2.13. The highest BCUT2D eigenvalue weighted by Gasteiger charge is 2.40. The molecule has 0 amide bonds. The van der Waals surface area contributed by atoms with Gasteiger partial charge in [0.2, 0.25) is 0 Å². The summed E-state index contributed by atoms with van der Waals surface area (Å²) in [6.45, 7) is 2.22. The normalized spacial score (nSPS) is 22.8. The Labute approximate surface area is 103 Å². The predicted octanol–water partition coefficient (Wildman–Crippen LogP) is 1.17. The average Bonchev–Trinajstić information content (AvgIpc) is 2.94. The van der Waals surface area contributed by atoms with Crippen molar-refractivity contribution in [3.8, 4) is 0 Å². The minimum atomic E-state index is -4.40. The molecule has 1 N–H and O–H groups in total. The summed E-state index contributed by atoms with van der Waals surface area (Å²) in [6, 6.07) is 3.23. The maximum Gasteiger partial charge on any atom is 0.294 e. The van der Waals surface area contributed by atoms with Crippen molar-refractivity contribution in [2.24, 2.45) is 0 Å². The summed E-state index contributed by atoms with van der Waals surface area (Å²) < 4.78 is 36.6. The summed E-state index contributed by atoms with van der Waals surface area (Å²) in [5.74, 6) is 0. The molecule has 0 saturated carbocycles. The van der Waals surface area contributed by atoms with E-state index in [1.54, 1.807) is 6.92 Å². The number of nitro groups is 1. The molecular formula is C10H11NO6S. The molecule has 1 saturated heterocycles. The minimum Gasteiger partial charge on any atom is -0.370 e. The van der Waals surface area contributed by atoms with E-state index >= 15 is 0 Å². The summed E-state index contributed by atoms with van der Waals surface area (Å²) in [5.41, 5.74) is -0.539. The van der Waals surface area contributed by atoms with Crippen LogP contribution < -0.4 is 0 Å². The Bertz CT molecular complexity index is 605. The monoisotopic (exact) mass is 273 g/mol. The molecule has 0 aliphatic carbocycles. The maximum absolute atomic E-state index is 11.2. The molecule has 1 aromatic carbocycles. The third-order valence-electron chi connectivity index (χ3n) is 2.73. The summed E-state index contributed by atoms with van der Waals surface area (Å²) >= 11 is 0. The first-order valence-electron chi connectivity index (χ1n) is 5.10. The highest BCUT2D eigenvalue weighted by atomic mass is 32.2. The van der Waals surface area contributed by atoms with Gasteiger partial charge in [-0.05, 0) is 18.6 Å². The summed E-state index contributed by atoms with van der Waals surface area (Å²) in [7, 11) is -4.40. The van der Waals surface area contributed by atoms with Crippen LogP contribution in [0.25, 0.3) is 0 Å². The van der Waals surface area contributed by atoms with E-state index in [-0.39, 0.29) is 22.6 Å². The zero-order valence-corrected chi connectivity index (χ0v) is 10.3. The Kier molecular flexibility index (Phi) is 2.88. The maximum atomic E-state index is 11.2. The fourth-order valence-corrected chi connectivity index (χ4v) is 2.40. The van der Waals surface area contributed by atoms with Crippen LogP contribution >= 0.6 is 0 Å². The first-order chi connectivity index (χ1) is 8.21. The van der Waals surface area contributed by atoms with Gasteiger partial charge < -0.3 is 4.74 Å². The zero-order valence-electron chi connectivity index (χ0n) is 9.49. The lowest BCUT2D eigenvalue weighted by atomic mass is 10.0. The van der Waals surface area contributed by atoms with Crippen molar-refractivity contribution in [3.63, 3.8) is 0 Å². The van der Waals surface area contributed by atoms with Gasteiger partial charge in [0.15, 0.2) is 0 Å². The highest BCUT2D eigenvalue weighted by Crippen LogP contribution is 2.33. The molecule has 1 aliphatic rings. The van der Waals surface area contributed by atoms with Crippen LogP contribution in [0.15, 0.2) is 23.1 Å². The standard InChI is InChI=1S/C10H11NO6S/c1-10(6-17-10)5-7-4-8(11(12)13)2-3-9(7)18(14,15)16/h2-4H,5-6H2,1H3,(H,14,15,16). The Morgan fingerprint density at radius 2 is 2.17 bits per heavy atom. The van der Waals surface area contributed by atoms with E-state index in [9.17, 15) is 18.5 Å². The van der Waals surface area contributed by atoms with Crippen molar-refractivity contribution in [2.45, 2.75) is 23.8 Å². The number of hydrogen-bond acceptors (Lipinski definition) is 5. The summed E-state index contributed by atoms with van der Waals surface area (Å²) in [4.78, 5) is 9.73. The van der Waals surface area contributed by atoms with Gasteiger partial charge in [-0.1, -0.05) is 0 Å². The first kappa shape index (κ1) is 12.9. The summed E-state index contributed by atoms with van der Waals surface area (Å²) in [5, 5.41) is 10.7.